The van der Waals surface area contributed by atoms with Crippen molar-refractivity contribution in [1.29, 1.82) is 0 Å². The van der Waals surface area contributed by atoms with E-state index in [0.717, 1.165) is 48.6 Å². The van der Waals surface area contributed by atoms with Crippen LogP contribution in [0.2, 0.25) is 0 Å². The van der Waals surface area contributed by atoms with Crippen LogP contribution in [-0.2, 0) is 32.4 Å². The number of nitrogens with one attached hydrogen (secondary N) is 2. The minimum absolute atomic E-state index is 0.0381. The predicted octanol–water partition coefficient (Wildman–Crippen LogP) is 3.22. The number of thioether (sulfide) groups is 1. The highest BCUT2D eigenvalue weighted by atomic mass is 32.2. The van der Waals surface area contributed by atoms with Gasteiger partial charge in [0.05, 0.1) is 11.8 Å². The lowest BCUT2D eigenvalue weighted by Gasteiger charge is -2.21. The quantitative estimate of drug-likeness (QED) is 0.674. The van der Waals surface area contributed by atoms with Gasteiger partial charge >= 0.3 is 0 Å². The topological polar surface area (TPSA) is 85.2 Å². The van der Waals surface area contributed by atoms with Gasteiger partial charge < -0.3 is 15.4 Å². The van der Waals surface area contributed by atoms with Crippen LogP contribution < -0.4 is 10.6 Å². The number of rotatable bonds is 8. The Morgan fingerprint density at radius 2 is 1.97 bits per heavy atom. The minimum Gasteiger partial charge on any atom is -0.376 e. The van der Waals surface area contributed by atoms with Crippen LogP contribution in [0, 0.1) is 5.92 Å². The highest BCUT2D eigenvalue weighted by Crippen LogP contribution is 2.35. The fraction of sp³-hybridized carbons (Fsp3) is 0.762. The first-order valence-electron chi connectivity index (χ1n) is 11.0. The van der Waals surface area contributed by atoms with Gasteiger partial charge in [-0.2, -0.15) is 16.9 Å². The summed E-state index contributed by atoms with van der Waals surface area (Å²) in [5, 5.41) is 10.6. The van der Waals surface area contributed by atoms with Crippen molar-refractivity contribution in [2.75, 3.05) is 18.5 Å². The number of hydrogen-bond acceptors (Lipinski definition) is 5. The van der Waals surface area contributed by atoms with Gasteiger partial charge in [-0.25, -0.2) is 4.68 Å². The largest absolute Gasteiger partial charge is 0.376 e. The summed E-state index contributed by atoms with van der Waals surface area (Å²) in [5.74, 6) is 3.02. The first-order chi connectivity index (χ1) is 14.2. The number of hydrogen-bond donors (Lipinski definition) is 2. The Morgan fingerprint density at radius 1 is 1.10 bits per heavy atom. The molecule has 1 atom stereocenters. The van der Waals surface area contributed by atoms with Gasteiger partial charge in [-0.15, -0.1) is 0 Å². The number of carbonyl (C=O) groups excluding carboxylic acids is 2. The molecule has 0 bridgehead atoms. The average molecular weight is 421 g/mol. The summed E-state index contributed by atoms with van der Waals surface area (Å²) in [5.41, 5.74) is 2.07. The van der Waals surface area contributed by atoms with Crippen LogP contribution in [0.25, 0.3) is 0 Å². The SMILES string of the molecule is O=C(Cn1nc2c(c1NC(=O)CCC1CCCCC1)CSC2)NCC1CCCO1. The molecule has 1 unspecified atom stereocenters. The summed E-state index contributed by atoms with van der Waals surface area (Å²) in [4.78, 5) is 25.0. The van der Waals surface area contributed by atoms with E-state index in [1.54, 1.807) is 16.4 Å². The lowest BCUT2D eigenvalue weighted by Crippen LogP contribution is -2.34. The average Bonchev–Trinajstić information content (AvgIpc) is 3.46. The van der Waals surface area contributed by atoms with Gasteiger partial charge in [0.2, 0.25) is 11.8 Å². The fourth-order valence-corrected chi connectivity index (χ4v) is 5.59. The molecule has 8 heteroatoms. The van der Waals surface area contributed by atoms with E-state index >= 15 is 0 Å². The smallest absolute Gasteiger partial charge is 0.241 e. The summed E-state index contributed by atoms with van der Waals surface area (Å²) in [7, 11) is 0. The van der Waals surface area contributed by atoms with Crippen LogP contribution in [0.3, 0.4) is 0 Å². The number of nitrogens with zero attached hydrogens (tertiary/aromatic N) is 2. The Morgan fingerprint density at radius 3 is 2.76 bits per heavy atom. The van der Waals surface area contributed by atoms with Gasteiger partial charge in [-0.3, -0.25) is 9.59 Å². The lowest BCUT2D eigenvalue weighted by atomic mass is 9.86. The number of ether oxygens (including phenoxy) is 1. The molecular weight excluding hydrogens is 388 g/mol. The van der Waals surface area contributed by atoms with Crippen LogP contribution in [0.4, 0.5) is 5.82 Å². The maximum Gasteiger partial charge on any atom is 0.241 e. The number of carbonyl (C=O) groups is 2. The molecule has 3 aliphatic rings. The number of amides is 2. The van der Waals surface area contributed by atoms with Crippen molar-refractivity contribution < 1.29 is 14.3 Å². The van der Waals surface area contributed by atoms with Crippen molar-refractivity contribution in [2.24, 2.45) is 5.92 Å². The zero-order valence-corrected chi connectivity index (χ0v) is 17.9. The van der Waals surface area contributed by atoms with Crippen LogP contribution in [-0.4, -0.2) is 40.9 Å². The molecule has 3 heterocycles. The number of aromatic nitrogens is 2. The van der Waals surface area contributed by atoms with Crippen LogP contribution >= 0.6 is 11.8 Å². The second kappa shape index (κ2) is 9.98. The Balaban J connectivity index is 1.33. The third-order valence-electron chi connectivity index (χ3n) is 6.23. The van der Waals surface area contributed by atoms with E-state index in [0.29, 0.717) is 24.7 Å². The van der Waals surface area contributed by atoms with Crippen molar-refractivity contribution in [1.82, 2.24) is 15.1 Å². The van der Waals surface area contributed by atoms with Gasteiger partial charge in [0.25, 0.3) is 0 Å². The van der Waals surface area contributed by atoms with Gasteiger partial charge in [0.15, 0.2) is 0 Å². The molecule has 1 saturated carbocycles. The summed E-state index contributed by atoms with van der Waals surface area (Å²) in [6.45, 7) is 1.45. The van der Waals surface area contributed by atoms with Crippen molar-refractivity contribution in [3.63, 3.8) is 0 Å². The molecule has 29 heavy (non-hydrogen) atoms. The lowest BCUT2D eigenvalue weighted by molar-refractivity contribution is -0.122. The first kappa shape index (κ1) is 20.7. The Hall–Kier alpha value is -1.54. The van der Waals surface area contributed by atoms with Crippen molar-refractivity contribution in [3.05, 3.63) is 11.3 Å². The zero-order valence-electron chi connectivity index (χ0n) is 17.1. The molecule has 0 radical (unpaired) electrons. The van der Waals surface area contributed by atoms with Crippen LogP contribution in [0.1, 0.15) is 69.0 Å². The third kappa shape index (κ3) is 5.54. The van der Waals surface area contributed by atoms with Crippen LogP contribution in [0.15, 0.2) is 0 Å². The standard InChI is InChI=1S/C21H32N4O3S/c26-19(9-8-15-5-2-1-3-6-15)23-21-17-13-29-14-18(17)24-25(21)12-20(27)22-11-16-7-4-10-28-16/h15-16H,1-14H2,(H,22,27)(H,23,26). The monoisotopic (exact) mass is 420 g/mol. The van der Waals surface area contributed by atoms with E-state index in [9.17, 15) is 9.59 Å². The molecule has 1 aromatic heterocycles. The van der Waals surface area contributed by atoms with Crippen molar-refractivity contribution in [3.8, 4) is 0 Å². The third-order valence-corrected chi connectivity index (χ3v) is 7.20. The summed E-state index contributed by atoms with van der Waals surface area (Å²) >= 11 is 1.80. The van der Waals surface area contributed by atoms with E-state index < -0.39 is 0 Å². The van der Waals surface area contributed by atoms with Gasteiger partial charge in [0, 0.05) is 36.6 Å². The maximum absolute atomic E-state index is 12.6. The van der Waals surface area contributed by atoms with Gasteiger partial charge in [-0.05, 0) is 25.2 Å². The fourth-order valence-electron chi connectivity index (χ4n) is 4.55. The predicted molar refractivity (Wildman–Crippen MR) is 114 cm³/mol. The number of anilines is 1. The minimum atomic E-state index is -0.0907. The second-order valence-corrected chi connectivity index (χ2v) is 9.44. The molecule has 2 N–H and O–H groups in total. The Bertz CT molecular complexity index is 724. The summed E-state index contributed by atoms with van der Waals surface area (Å²) in [6.07, 6.45) is 10.1. The molecule has 160 valence electrons. The molecule has 2 fully saturated rings. The van der Waals surface area contributed by atoms with Crippen molar-refractivity contribution >= 4 is 29.4 Å². The molecule has 0 aromatic carbocycles. The van der Waals surface area contributed by atoms with E-state index in [2.05, 4.69) is 15.7 Å². The molecule has 1 aromatic rings. The number of fused-ring (bicyclic) bond motifs is 1. The normalized spacial score (nSPS) is 21.9. The molecule has 2 amide bonds. The highest BCUT2D eigenvalue weighted by Gasteiger charge is 2.25. The molecule has 7 nitrogen and oxygen atoms in total. The molecule has 4 rings (SSSR count). The maximum atomic E-state index is 12.6. The van der Waals surface area contributed by atoms with E-state index in [-0.39, 0.29) is 24.5 Å². The van der Waals surface area contributed by atoms with E-state index in [4.69, 9.17) is 4.74 Å². The van der Waals surface area contributed by atoms with Gasteiger partial charge in [-0.1, -0.05) is 32.1 Å². The highest BCUT2D eigenvalue weighted by molar-refractivity contribution is 7.98. The zero-order chi connectivity index (χ0) is 20.1. The van der Waals surface area contributed by atoms with E-state index in [1.807, 2.05) is 0 Å². The Labute approximate surface area is 176 Å². The molecule has 0 spiro atoms. The molecular formula is C21H32N4O3S. The molecule has 1 saturated heterocycles. The molecule has 2 aliphatic heterocycles. The van der Waals surface area contributed by atoms with Gasteiger partial charge in [0.1, 0.15) is 12.4 Å². The Kier molecular flexibility index (Phi) is 7.13. The first-order valence-corrected chi connectivity index (χ1v) is 12.2. The summed E-state index contributed by atoms with van der Waals surface area (Å²) < 4.78 is 7.23. The second-order valence-electron chi connectivity index (χ2n) is 8.45. The molecule has 1 aliphatic carbocycles. The van der Waals surface area contributed by atoms with Crippen molar-refractivity contribution in [2.45, 2.75) is 81.9 Å². The van der Waals surface area contributed by atoms with E-state index in [1.165, 1.54) is 32.1 Å². The summed E-state index contributed by atoms with van der Waals surface area (Å²) in [6, 6.07) is 0. The van der Waals surface area contributed by atoms with Crippen LogP contribution in [0.5, 0.6) is 0 Å².